The predicted molar refractivity (Wildman–Crippen MR) is 76.1 cm³/mol. The molecule has 0 saturated heterocycles. The molecule has 0 aliphatic carbocycles. The van der Waals surface area contributed by atoms with Crippen LogP contribution in [0.1, 0.15) is 49.9 Å². The molecule has 0 saturated carbocycles. The number of carbonyl (C=O) groups excluding carboxylic acids is 1. The van der Waals surface area contributed by atoms with E-state index < -0.39 is 5.97 Å². The molecule has 0 aliphatic heterocycles. The molecule has 1 atom stereocenters. The van der Waals surface area contributed by atoms with Crippen LogP contribution in [0.15, 0.2) is 18.2 Å². The molecule has 1 unspecified atom stereocenters. The number of phenols is 1. The van der Waals surface area contributed by atoms with Crippen LogP contribution < -0.4 is 5.73 Å². The average molecular weight is 265 g/mol. The molecule has 106 valence electrons. The Labute approximate surface area is 114 Å². The molecule has 4 nitrogen and oxygen atoms in total. The Hall–Kier alpha value is -1.71. The number of unbranched alkanes of at least 4 members (excludes halogenated alkanes) is 1. The minimum Gasteiger partial charge on any atom is -0.507 e. The molecule has 1 aromatic carbocycles. The summed E-state index contributed by atoms with van der Waals surface area (Å²) in [6, 6.07) is 4.38. The van der Waals surface area contributed by atoms with E-state index in [0.29, 0.717) is 18.2 Å². The second-order valence-electron chi connectivity index (χ2n) is 4.79. The van der Waals surface area contributed by atoms with Crippen LogP contribution in [0.2, 0.25) is 0 Å². The number of hydrogen-bond donors (Lipinski definition) is 2. The summed E-state index contributed by atoms with van der Waals surface area (Å²) in [5, 5.41) is 9.61. The Balaban J connectivity index is 2.56. The summed E-state index contributed by atoms with van der Waals surface area (Å²) in [5.74, 6) is -0.229. The number of nitrogen functional groups attached to an aromatic ring is 1. The van der Waals surface area contributed by atoms with Crippen LogP contribution in [-0.2, 0) is 4.74 Å². The standard InChI is InChI=1S/C15H23NO3/c1-3-5-6-11(4-2)10-19-15(18)13-9-12(16)7-8-14(13)17/h7-9,11,17H,3-6,10,16H2,1-2H3. The van der Waals surface area contributed by atoms with Gasteiger partial charge < -0.3 is 15.6 Å². The van der Waals surface area contributed by atoms with Crippen LogP contribution >= 0.6 is 0 Å². The quantitative estimate of drug-likeness (QED) is 0.450. The van der Waals surface area contributed by atoms with E-state index in [1.807, 2.05) is 0 Å². The van der Waals surface area contributed by atoms with E-state index in [1.165, 1.54) is 12.1 Å². The monoisotopic (exact) mass is 265 g/mol. The smallest absolute Gasteiger partial charge is 0.341 e. The van der Waals surface area contributed by atoms with E-state index in [9.17, 15) is 9.90 Å². The summed E-state index contributed by atoms with van der Waals surface area (Å²) in [5.41, 5.74) is 6.16. The first-order chi connectivity index (χ1) is 9.08. The number of esters is 1. The molecule has 0 amide bonds. The maximum atomic E-state index is 11.9. The Morgan fingerprint density at radius 3 is 2.79 bits per heavy atom. The van der Waals surface area contributed by atoms with Gasteiger partial charge in [-0.2, -0.15) is 0 Å². The van der Waals surface area contributed by atoms with Crippen LogP contribution in [0.4, 0.5) is 5.69 Å². The van der Waals surface area contributed by atoms with Crippen molar-refractivity contribution in [1.29, 1.82) is 0 Å². The molecule has 0 spiro atoms. The van der Waals surface area contributed by atoms with Gasteiger partial charge in [-0.05, 0) is 30.5 Å². The summed E-state index contributed by atoms with van der Waals surface area (Å²) in [6.07, 6.45) is 4.32. The van der Waals surface area contributed by atoms with Gasteiger partial charge in [-0.1, -0.05) is 33.1 Å². The summed E-state index contributed by atoms with van der Waals surface area (Å²) in [7, 11) is 0. The summed E-state index contributed by atoms with van der Waals surface area (Å²) in [6.45, 7) is 4.62. The zero-order valence-electron chi connectivity index (χ0n) is 11.7. The largest absolute Gasteiger partial charge is 0.507 e. The highest BCUT2D eigenvalue weighted by atomic mass is 16.5. The van der Waals surface area contributed by atoms with Crippen molar-refractivity contribution in [3.63, 3.8) is 0 Å². The zero-order chi connectivity index (χ0) is 14.3. The van der Waals surface area contributed by atoms with E-state index in [4.69, 9.17) is 10.5 Å². The molecule has 1 rings (SSSR count). The number of nitrogens with two attached hydrogens (primary N) is 1. The lowest BCUT2D eigenvalue weighted by Crippen LogP contribution is -2.14. The highest BCUT2D eigenvalue weighted by Crippen LogP contribution is 2.21. The van der Waals surface area contributed by atoms with Gasteiger partial charge >= 0.3 is 5.97 Å². The van der Waals surface area contributed by atoms with Crippen molar-refractivity contribution in [2.75, 3.05) is 12.3 Å². The van der Waals surface area contributed by atoms with E-state index in [2.05, 4.69) is 13.8 Å². The van der Waals surface area contributed by atoms with Gasteiger partial charge in [0.2, 0.25) is 0 Å². The van der Waals surface area contributed by atoms with Crippen molar-refractivity contribution in [2.45, 2.75) is 39.5 Å². The first-order valence-electron chi connectivity index (χ1n) is 6.84. The van der Waals surface area contributed by atoms with Gasteiger partial charge in [-0.25, -0.2) is 4.79 Å². The number of rotatable bonds is 7. The first-order valence-corrected chi connectivity index (χ1v) is 6.84. The Kier molecular flexibility index (Phi) is 6.19. The Morgan fingerprint density at radius 2 is 2.16 bits per heavy atom. The third-order valence-corrected chi connectivity index (χ3v) is 3.23. The van der Waals surface area contributed by atoms with Gasteiger partial charge in [0.1, 0.15) is 11.3 Å². The minimum absolute atomic E-state index is 0.0965. The first kappa shape index (κ1) is 15.3. The van der Waals surface area contributed by atoms with Gasteiger partial charge in [0, 0.05) is 5.69 Å². The SMILES string of the molecule is CCCCC(CC)COC(=O)c1cc(N)ccc1O. The highest BCUT2D eigenvalue weighted by molar-refractivity contribution is 5.93. The fourth-order valence-electron chi connectivity index (χ4n) is 1.89. The predicted octanol–water partition coefficient (Wildman–Crippen LogP) is 3.35. The zero-order valence-corrected chi connectivity index (χ0v) is 11.7. The molecule has 4 heteroatoms. The molecule has 0 aliphatic rings. The molecule has 0 fully saturated rings. The summed E-state index contributed by atoms with van der Waals surface area (Å²) < 4.78 is 5.26. The van der Waals surface area contributed by atoms with Crippen molar-refractivity contribution < 1.29 is 14.6 Å². The number of aromatic hydroxyl groups is 1. The molecular formula is C15H23NO3. The van der Waals surface area contributed by atoms with E-state index in [0.717, 1.165) is 25.7 Å². The fourth-order valence-corrected chi connectivity index (χ4v) is 1.89. The van der Waals surface area contributed by atoms with Crippen LogP contribution in [0.3, 0.4) is 0 Å². The lowest BCUT2D eigenvalue weighted by atomic mass is 10.0. The topological polar surface area (TPSA) is 72.5 Å². The molecule has 0 aromatic heterocycles. The van der Waals surface area contributed by atoms with Crippen LogP contribution in [0.25, 0.3) is 0 Å². The summed E-state index contributed by atoms with van der Waals surface area (Å²) in [4.78, 5) is 11.9. The molecule has 19 heavy (non-hydrogen) atoms. The third kappa shape index (κ3) is 4.81. The third-order valence-electron chi connectivity index (χ3n) is 3.23. The highest BCUT2D eigenvalue weighted by Gasteiger charge is 2.15. The van der Waals surface area contributed by atoms with E-state index in [-0.39, 0.29) is 11.3 Å². The average Bonchev–Trinajstić information content (AvgIpc) is 2.41. The van der Waals surface area contributed by atoms with Crippen molar-refractivity contribution in [3.05, 3.63) is 23.8 Å². The van der Waals surface area contributed by atoms with Gasteiger partial charge in [0.15, 0.2) is 0 Å². The second kappa shape index (κ2) is 7.67. The van der Waals surface area contributed by atoms with Crippen LogP contribution in [0.5, 0.6) is 5.75 Å². The summed E-state index contributed by atoms with van der Waals surface area (Å²) >= 11 is 0. The van der Waals surface area contributed by atoms with Crippen molar-refractivity contribution >= 4 is 11.7 Å². The number of anilines is 1. The lowest BCUT2D eigenvalue weighted by Gasteiger charge is -2.15. The second-order valence-corrected chi connectivity index (χ2v) is 4.79. The number of ether oxygens (including phenoxy) is 1. The van der Waals surface area contributed by atoms with Crippen LogP contribution in [-0.4, -0.2) is 17.7 Å². The molecule has 0 heterocycles. The van der Waals surface area contributed by atoms with Crippen molar-refractivity contribution in [3.8, 4) is 5.75 Å². The molecule has 3 N–H and O–H groups in total. The molecular weight excluding hydrogens is 242 g/mol. The number of benzene rings is 1. The van der Waals surface area contributed by atoms with Gasteiger partial charge in [0.05, 0.1) is 6.61 Å². The molecule has 1 aromatic rings. The van der Waals surface area contributed by atoms with E-state index in [1.54, 1.807) is 6.07 Å². The van der Waals surface area contributed by atoms with Gasteiger partial charge in [-0.3, -0.25) is 0 Å². The van der Waals surface area contributed by atoms with Crippen molar-refractivity contribution in [1.82, 2.24) is 0 Å². The fraction of sp³-hybridized carbons (Fsp3) is 0.533. The lowest BCUT2D eigenvalue weighted by molar-refractivity contribution is 0.0425. The van der Waals surface area contributed by atoms with E-state index >= 15 is 0 Å². The van der Waals surface area contributed by atoms with Crippen LogP contribution in [0, 0.1) is 5.92 Å². The maximum Gasteiger partial charge on any atom is 0.341 e. The molecule has 0 bridgehead atoms. The van der Waals surface area contributed by atoms with Crippen molar-refractivity contribution in [2.24, 2.45) is 5.92 Å². The number of carbonyl (C=O) groups is 1. The van der Waals surface area contributed by atoms with Gasteiger partial charge in [-0.15, -0.1) is 0 Å². The minimum atomic E-state index is -0.514. The number of phenolic OH excluding ortho intramolecular Hbond substituents is 1. The number of hydrogen-bond acceptors (Lipinski definition) is 4. The van der Waals surface area contributed by atoms with Gasteiger partial charge in [0.25, 0.3) is 0 Å². The maximum absolute atomic E-state index is 11.9. The molecule has 0 radical (unpaired) electrons. The Morgan fingerprint density at radius 1 is 1.42 bits per heavy atom. The Bertz CT molecular complexity index is 418. The normalized spacial score (nSPS) is 12.1.